The predicted molar refractivity (Wildman–Crippen MR) is 260 cm³/mol. The maximum absolute atomic E-state index is 14.4. The number of thioether (sulfide) groups is 1. The number of anilines is 1. The molecule has 1 aromatic rings. The predicted octanol–water partition coefficient (Wildman–Crippen LogP) is 5.27. The van der Waals surface area contributed by atoms with Crippen LogP contribution in [0.4, 0.5) is 10.5 Å². The Labute approximate surface area is 414 Å². The summed E-state index contributed by atoms with van der Waals surface area (Å²) in [5, 5.41) is 34.5. The topological polar surface area (TPSA) is 230 Å². The molecule has 3 fully saturated rings. The van der Waals surface area contributed by atoms with Crippen molar-refractivity contribution < 1.29 is 63.1 Å². The van der Waals surface area contributed by atoms with Crippen LogP contribution >= 0.6 is 23.4 Å². The van der Waals surface area contributed by atoms with Gasteiger partial charge in [-0.1, -0.05) is 55.3 Å². The van der Waals surface area contributed by atoms with Crippen molar-refractivity contribution in [2.24, 2.45) is 23.7 Å². The lowest BCUT2D eigenvalue weighted by molar-refractivity contribution is -0.180. The molecule has 0 radical (unpaired) electrons. The van der Waals surface area contributed by atoms with Crippen LogP contribution in [0.25, 0.3) is 0 Å². The molecule has 4 bridgehead atoms. The summed E-state index contributed by atoms with van der Waals surface area (Å²) >= 11 is 8.00. The van der Waals surface area contributed by atoms with Crippen molar-refractivity contribution in [3.63, 3.8) is 0 Å². The number of carbonyl (C=O) groups excluding carboxylic acids is 7. The number of amides is 5. The van der Waals surface area contributed by atoms with Crippen LogP contribution < -0.4 is 10.2 Å². The van der Waals surface area contributed by atoms with Gasteiger partial charge in [0.15, 0.2) is 5.72 Å². The number of hydrogen-bond donors (Lipinski definition) is 4. The number of likely N-dealkylation sites (tertiary alicyclic amines) is 1. The fraction of sp³-hybridized carbons (Fsp3) is 0.660. The number of aliphatic hydroxyl groups is 3. The highest BCUT2D eigenvalue weighted by atomic mass is 35.5. The van der Waals surface area contributed by atoms with Crippen molar-refractivity contribution >= 4 is 70.5 Å². The van der Waals surface area contributed by atoms with Crippen molar-refractivity contribution in [2.45, 2.75) is 147 Å². The minimum atomic E-state index is -1.91. The van der Waals surface area contributed by atoms with E-state index in [2.05, 4.69) is 5.32 Å². The van der Waals surface area contributed by atoms with Gasteiger partial charge in [0.05, 0.1) is 35.6 Å². The number of nitrogens with one attached hydrogen (secondary N) is 1. The molecule has 19 heteroatoms. The van der Waals surface area contributed by atoms with Crippen LogP contribution in [-0.2, 0) is 56.0 Å². The Morgan fingerprint density at radius 3 is 2.41 bits per heavy atom. The molecule has 8 atom stereocenters. The molecule has 69 heavy (non-hydrogen) atoms. The molecule has 1 saturated carbocycles. The number of allylic oxidation sites excluding steroid dienone is 3. The average molecular weight is 1000 g/mol. The summed E-state index contributed by atoms with van der Waals surface area (Å²) in [4.78, 5) is 97.5. The number of imide groups is 1. The molecule has 5 rings (SSSR count). The molecule has 1 aromatic carbocycles. The van der Waals surface area contributed by atoms with Gasteiger partial charge in [-0.15, -0.1) is 11.8 Å². The number of nitrogens with zero attached hydrogens (tertiary/aromatic N) is 3. The zero-order valence-corrected chi connectivity index (χ0v) is 42.7. The highest BCUT2D eigenvalue weighted by molar-refractivity contribution is 8.00. The number of methoxy groups -OCH3 is 1. The van der Waals surface area contributed by atoms with E-state index in [0.29, 0.717) is 36.2 Å². The largest absolute Gasteiger partial charge is 0.457 e. The van der Waals surface area contributed by atoms with Gasteiger partial charge in [-0.25, -0.2) is 9.59 Å². The summed E-state index contributed by atoms with van der Waals surface area (Å²) in [5.41, 5.74) is -1.12. The van der Waals surface area contributed by atoms with Gasteiger partial charge in [-0.05, 0) is 88.3 Å². The summed E-state index contributed by atoms with van der Waals surface area (Å²) in [6.07, 6.45) is 5.33. The number of aliphatic hydroxyl groups excluding tert-OH is 2. The van der Waals surface area contributed by atoms with Gasteiger partial charge >= 0.3 is 12.1 Å². The van der Waals surface area contributed by atoms with E-state index < -0.39 is 90.2 Å². The Hall–Kier alpha value is -4.33. The minimum Gasteiger partial charge on any atom is -0.457 e. The summed E-state index contributed by atoms with van der Waals surface area (Å²) in [6, 6.07) is 2.30. The molecular formula is C50H71ClN4O13S. The number of fused-ring (bicyclic) bond motifs is 4. The number of Topliss-reactive ketones (excluding diaryl/α,β-unsaturated/α-hetero) is 1. The van der Waals surface area contributed by atoms with Crippen LogP contribution in [0.1, 0.15) is 110 Å². The van der Waals surface area contributed by atoms with E-state index in [1.165, 1.54) is 54.6 Å². The molecule has 4 aliphatic rings. The van der Waals surface area contributed by atoms with Crippen molar-refractivity contribution in [2.75, 3.05) is 45.0 Å². The Bertz CT molecular complexity index is 2150. The van der Waals surface area contributed by atoms with Crippen LogP contribution in [-0.4, -0.2) is 142 Å². The molecule has 5 amide bonds. The van der Waals surface area contributed by atoms with Crippen LogP contribution in [0, 0.1) is 23.7 Å². The number of esters is 1. The van der Waals surface area contributed by atoms with Crippen molar-refractivity contribution in [1.82, 2.24) is 15.1 Å². The molecule has 1 unspecified atom stereocenters. The normalized spacial score (nSPS) is 31.0. The SMILES string of the molecule is CCC(=O)C1CCC(CN2C(=O)CC(SCCC(=O)N(C)[C@@H](C)C(=O)O[C@H]3CC(=O)N(C)c4cc(cc(CO)c4Cl)C/C(C)=C/C=C/[C@@H](CO)[C@@]4(O)C[C@H](OC(=O)N4)[C@@H](C)C[C@@]3(C)OC)C2=O)CC1. The van der Waals surface area contributed by atoms with Gasteiger partial charge in [0.1, 0.15) is 29.6 Å². The summed E-state index contributed by atoms with van der Waals surface area (Å²) < 4.78 is 18.0. The number of benzene rings is 1. The van der Waals surface area contributed by atoms with Gasteiger partial charge in [0.25, 0.3) is 0 Å². The lowest BCUT2D eigenvalue weighted by Crippen LogP contribution is -2.62. The maximum Gasteiger partial charge on any atom is 0.409 e. The molecule has 3 aliphatic heterocycles. The van der Waals surface area contributed by atoms with Gasteiger partial charge < -0.3 is 39.3 Å². The van der Waals surface area contributed by atoms with Crippen LogP contribution in [0.5, 0.6) is 0 Å². The van der Waals surface area contributed by atoms with E-state index in [1.807, 2.05) is 13.8 Å². The third-order valence-electron chi connectivity index (χ3n) is 14.6. The van der Waals surface area contributed by atoms with Crippen molar-refractivity contribution in [3.05, 3.63) is 52.1 Å². The number of likely N-dealkylation sites (N-methyl/N-ethyl adjacent to an activating group) is 1. The quantitative estimate of drug-likeness (QED) is 0.138. The summed E-state index contributed by atoms with van der Waals surface area (Å²) in [5.74, 6) is -3.19. The standard InChI is InChI=1S/C50H71ClN4O13S/c1-9-38(58)34-15-13-32(14-16-34)26-55-44(61)22-40(46(55)62)69-18-17-42(59)53(6)31(4)47(63)68-41-23-43(60)54(7)37-21-33(20-35(27-56)45(37)51)19-29(2)11-10-12-36(28-57)50(65)25-39(67-48(64)52-50)30(3)24-49(41,5)66-8/h10-12,20-21,30-32,34,36,39-41,56-57,65H,9,13-19,22-28H2,1-8H3,(H,52,64)/b12-10+,29-11+/t30-,31-,32?,34?,36-,39-,40?,41-,49+,50-/m0/s1. The fourth-order valence-corrected chi connectivity index (χ4v) is 11.2. The highest BCUT2D eigenvalue weighted by Crippen LogP contribution is 2.39. The molecule has 382 valence electrons. The van der Waals surface area contributed by atoms with Gasteiger partial charge in [-0.2, -0.15) is 0 Å². The number of ether oxygens (including phenoxy) is 3. The Balaban J connectivity index is 1.33. The second-order valence-electron chi connectivity index (χ2n) is 19.5. The van der Waals surface area contributed by atoms with E-state index in [0.717, 1.165) is 31.3 Å². The number of carbonyl (C=O) groups is 7. The zero-order valence-electron chi connectivity index (χ0n) is 41.2. The number of hydrogen-bond acceptors (Lipinski definition) is 14. The van der Waals surface area contributed by atoms with E-state index in [9.17, 15) is 48.9 Å². The summed E-state index contributed by atoms with van der Waals surface area (Å²) in [7, 11) is 4.35. The van der Waals surface area contributed by atoms with Gasteiger partial charge in [0.2, 0.25) is 23.6 Å². The monoisotopic (exact) mass is 1000 g/mol. The van der Waals surface area contributed by atoms with Gasteiger partial charge in [-0.3, -0.25) is 34.2 Å². The third-order valence-corrected chi connectivity index (χ3v) is 16.2. The van der Waals surface area contributed by atoms with Crippen LogP contribution in [0.3, 0.4) is 0 Å². The smallest absolute Gasteiger partial charge is 0.409 e. The van der Waals surface area contributed by atoms with Crippen molar-refractivity contribution in [1.29, 1.82) is 0 Å². The third kappa shape index (κ3) is 13.6. The number of ketones is 1. The van der Waals surface area contributed by atoms with Crippen LogP contribution in [0.15, 0.2) is 35.9 Å². The molecule has 2 saturated heterocycles. The number of alkyl carbamates (subject to hydrolysis) is 1. The fourth-order valence-electron chi connectivity index (χ4n) is 9.80. The first-order valence-corrected chi connectivity index (χ1v) is 25.4. The minimum absolute atomic E-state index is 0.0280. The molecule has 0 spiro atoms. The highest BCUT2D eigenvalue weighted by Gasteiger charge is 2.49. The van der Waals surface area contributed by atoms with Crippen LogP contribution in [0.2, 0.25) is 5.02 Å². The Kier molecular flexibility index (Phi) is 19.5. The first kappa shape index (κ1) is 55.6. The second kappa shape index (κ2) is 24.2. The Morgan fingerprint density at radius 1 is 1.07 bits per heavy atom. The second-order valence-corrected chi connectivity index (χ2v) is 21.2. The van der Waals surface area contributed by atoms with E-state index in [4.69, 9.17) is 25.8 Å². The zero-order chi connectivity index (χ0) is 51.0. The number of halogens is 1. The van der Waals surface area contributed by atoms with Crippen molar-refractivity contribution in [3.8, 4) is 0 Å². The molecule has 1 aliphatic carbocycles. The molecule has 17 nitrogen and oxygen atoms in total. The molecule has 4 N–H and O–H groups in total. The summed E-state index contributed by atoms with van der Waals surface area (Å²) in [6.45, 7) is 8.02. The molecule has 3 heterocycles. The maximum atomic E-state index is 14.4. The first-order valence-electron chi connectivity index (χ1n) is 23.9. The van der Waals surface area contributed by atoms with Gasteiger partial charge in [0, 0.05) is 71.0 Å². The lowest BCUT2D eigenvalue weighted by Gasteiger charge is -2.44. The van der Waals surface area contributed by atoms with E-state index in [1.54, 1.807) is 44.2 Å². The van der Waals surface area contributed by atoms with E-state index >= 15 is 0 Å². The first-order chi connectivity index (χ1) is 32.6. The Morgan fingerprint density at radius 2 is 1.77 bits per heavy atom. The molecular weight excluding hydrogens is 932 g/mol. The molecule has 0 aromatic heterocycles. The lowest BCUT2D eigenvalue weighted by atomic mass is 9.79. The average Bonchev–Trinajstić information content (AvgIpc) is 3.58. The number of rotatable bonds is 14. The van der Waals surface area contributed by atoms with E-state index in [-0.39, 0.29) is 65.9 Å².